The van der Waals surface area contributed by atoms with Crippen LogP contribution in [0.4, 0.5) is 4.39 Å². The molecule has 2 unspecified atom stereocenters. The van der Waals surface area contributed by atoms with Crippen molar-refractivity contribution < 1.29 is 14.6 Å². The highest BCUT2D eigenvalue weighted by Crippen LogP contribution is 2.49. The molecule has 6 heteroatoms. The summed E-state index contributed by atoms with van der Waals surface area (Å²) in [7, 11) is 0. The Morgan fingerprint density at radius 3 is 1.85 bits per heavy atom. The molecule has 0 saturated heterocycles. The number of hydrogen-bond donors (Lipinski definition) is 2. The maximum atomic E-state index is 14.4. The van der Waals surface area contributed by atoms with E-state index in [1.807, 2.05) is 22.7 Å². The molecule has 4 fully saturated rings. The molecule has 0 spiro atoms. The molecule has 0 radical (unpaired) electrons. The number of alkyl halides is 1. The molecule has 4 aliphatic rings. The molecule has 2 aromatic rings. The van der Waals surface area contributed by atoms with Crippen LogP contribution in [0.15, 0.2) is 36.4 Å². The van der Waals surface area contributed by atoms with Gasteiger partial charge in [-0.1, -0.05) is 52.7 Å². The number of aryl methyl sites for hydroxylation is 4. The van der Waals surface area contributed by atoms with Gasteiger partial charge in [0.15, 0.2) is 0 Å². The van der Waals surface area contributed by atoms with Gasteiger partial charge in [0.25, 0.3) is 0 Å². The zero-order chi connectivity index (χ0) is 37.8. The van der Waals surface area contributed by atoms with Crippen LogP contribution in [0.2, 0.25) is 0 Å². The van der Waals surface area contributed by atoms with Crippen molar-refractivity contribution in [3.63, 3.8) is 0 Å². The second kappa shape index (κ2) is 21.9. The maximum Gasteiger partial charge on any atom is 0.230 e. The Kier molecular flexibility index (Phi) is 18.3. The molecule has 2 N–H and O–H groups in total. The van der Waals surface area contributed by atoms with Crippen molar-refractivity contribution in [1.82, 2.24) is 0 Å². The molecule has 6 rings (SSSR count). The van der Waals surface area contributed by atoms with E-state index >= 15 is 0 Å². The van der Waals surface area contributed by atoms with Crippen LogP contribution >= 0.6 is 22.7 Å². The number of aliphatic hydroxyl groups excluding tert-OH is 2. The second-order valence-corrected chi connectivity index (χ2v) is 20.4. The van der Waals surface area contributed by atoms with Gasteiger partial charge in [-0.2, -0.15) is 0 Å². The SMILES string of the molecule is C.CCC1(C(O)CCC[C@@H]2[C@@H](CCCc3ccc(C)s3)CC[C@H]2F)CCC1.[C-]#[N+][C@@H]1CC[C@H](CCCc2ccc(C)s2)[C@H]1/C=C/CC(O)C1(CC)CCC1. The van der Waals surface area contributed by atoms with Gasteiger partial charge in [-0.3, -0.25) is 0 Å². The first-order valence-corrected chi connectivity index (χ1v) is 23.4. The molecule has 0 bridgehead atoms. The molecule has 304 valence electrons. The summed E-state index contributed by atoms with van der Waals surface area (Å²) < 4.78 is 14.4. The predicted octanol–water partition coefficient (Wildman–Crippen LogP) is 14.1. The highest BCUT2D eigenvalue weighted by atomic mass is 32.1. The Hall–Kier alpha value is -1.52. The summed E-state index contributed by atoms with van der Waals surface area (Å²) in [5.41, 5.74) is 0.375. The highest BCUT2D eigenvalue weighted by Gasteiger charge is 2.43. The van der Waals surface area contributed by atoms with Crippen molar-refractivity contribution in [1.29, 1.82) is 0 Å². The van der Waals surface area contributed by atoms with E-state index < -0.39 is 6.17 Å². The largest absolute Gasteiger partial charge is 0.393 e. The lowest BCUT2D eigenvalue weighted by Crippen LogP contribution is -2.40. The van der Waals surface area contributed by atoms with E-state index in [4.69, 9.17) is 6.57 Å². The Balaban J connectivity index is 0.000000236. The van der Waals surface area contributed by atoms with E-state index in [1.54, 1.807) is 0 Å². The lowest BCUT2D eigenvalue weighted by Gasteiger charge is -2.45. The van der Waals surface area contributed by atoms with Crippen molar-refractivity contribution in [2.45, 2.75) is 201 Å². The summed E-state index contributed by atoms with van der Waals surface area (Å²) >= 11 is 3.81. The van der Waals surface area contributed by atoms with E-state index in [0.29, 0.717) is 17.8 Å². The van der Waals surface area contributed by atoms with Crippen molar-refractivity contribution in [3.05, 3.63) is 67.3 Å². The van der Waals surface area contributed by atoms with Crippen molar-refractivity contribution >= 4 is 22.7 Å². The minimum Gasteiger partial charge on any atom is -0.393 e. The number of thiophene rings is 2. The van der Waals surface area contributed by atoms with Crippen LogP contribution in [-0.2, 0) is 12.8 Å². The fourth-order valence-corrected chi connectivity index (χ4v) is 12.5. The van der Waals surface area contributed by atoms with Gasteiger partial charge in [-0.05, 0) is 182 Å². The van der Waals surface area contributed by atoms with Gasteiger partial charge >= 0.3 is 0 Å². The van der Waals surface area contributed by atoms with Crippen LogP contribution in [0.3, 0.4) is 0 Å². The lowest BCUT2D eigenvalue weighted by molar-refractivity contribution is -0.0440. The van der Waals surface area contributed by atoms with Crippen LogP contribution in [0.25, 0.3) is 4.85 Å². The first kappa shape index (κ1) is 45.2. The molecule has 2 aromatic heterocycles. The molecule has 0 aliphatic heterocycles. The van der Waals surface area contributed by atoms with Gasteiger partial charge in [-0.25, -0.2) is 11.0 Å². The Labute approximate surface area is 338 Å². The second-order valence-electron chi connectivity index (χ2n) is 17.7. The number of hydrogen-bond acceptors (Lipinski definition) is 4. The van der Waals surface area contributed by atoms with E-state index in [2.05, 4.69) is 69.0 Å². The number of rotatable bonds is 19. The average Bonchev–Trinajstić information content (AvgIpc) is 3.90. The first-order chi connectivity index (χ1) is 25.6. The van der Waals surface area contributed by atoms with E-state index in [9.17, 15) is 14.6 Å². The summed E-state index contributed by atoms with van der Waals surface area (Å²) in [5, 5.41) is 21.2. The molecular formula is C48H76FNO2S2. The van der Waals surface area contributed by atoms with Crippen molar-refractivity contribution in [3.8, 4) is 0 Å². The van der Waals surface area contributed by atoms with Gasteiger partial charge in [0, 0.05) is 25.9 Å². The maximum absolute atomic E-state index is 14.4. The van der Waals surface area contributed by atoms with Gasteiger partial charge < -0.3 is 15.1 Å². The van der Waals surface area contributed by atoms with Gasteiger partial charge in [-0.15, -0.1) is 22.7 Å². The number of nitrogens with zero attached hydrogens (tertiary/aromatic N) is 1. The average molecular weight is 782 g/mol. The summed E-state index contributed by atoms with van der Waals surface area (Å²) in [6.45, 7) is 16.3. The van der Waals surface area contributed by atoms with Crippen LogP contribution in [-0.4, -0.2) is 34.6 Å². The minimum atomic E-state index is -0.607. The fraction of sp³-hybridized carbons (Fsp3) is 0.771. The van der Waals surface area contributed by atoms with Crippen LogP contribution in [0, 0.1) is 54.9 Å². The standard InChI is InChI=1S/C24H35NOS.C23H37FOS.CH4/c1-4-24(16-7-17-24)23(26)11-6-10-21-19(13-15-22(21)25-3)8-5-9-20-14-12-18(2)27-20;1-3-23(15-6-16-23)22(25)10-5-9-20-18(12-14-21(20)24)7-4-8-19-13-11-17(2)26-19;/h6,10,12,14,19,21-23,26H,4-5,7-9,11,13,15-17H2,1-2H3;11,13,18,20-22,25H,3-10,12,14-16H2,1-2H3;1H4/b10-6+;;/t19-,21+,22+,23?;18-,20+,21+,22?;/m00./s1. The topological polar surface area (TPSA) is 44.8 Å². The third-order valence-electron chi connectivity index (χ3n) is 14.7. The van der Waals surface area contributed by atoms with Crippen molar-refractivity contribution in [2.75, 3.05) is 0 Å². The van der Waals surface area contributed by atoms with Gasteiger partial charge in [0.1, 0.15) is 6.17 Å². The van der Waals surface area contributed by atoms with Crippen LogP contribution in [0.1, 0.15) is 169 Å². The quantitative estimate of drug-likeness (QED) is 0.110. The van der Waals surface area contributed by atoms with Gasteiger partial charge in [0.2, 0.25) is 6.04 Å². The molecule has 4 saturated carbocycles. The summed E-state index contributed by atoms with van der Waals surface area (Å²) in [6, 6.07) is 9.07. The Morgan fingerprint density at radius 1 is 0.796 bits per heavy atom. The zero-order valence-corrected chi connectivity index (χ0v) is 35.3. The Morgan fingerprint density at radius 2 is 1.35 bits per heavy atom. The molecular weight excluding hydrogens is 706 g/mol. The fourth-order valence-electron chi connectivity index (χ4n) is 10.6. The summed E-state index contributed by atoms with van der Waals surface area (Å²) in [4.78, 5) is 9.67. The summed E-state index contributed by atoms with van der Waals surface area (Å²) in [6.07, 6.45) is 27.7. The van der Waals surface area contributed by atoms with Gasteiger partial charge in [0.05, 0.1) is 18.1 Å². The Bertz CT molecular complexity index is 1420. The molecule has 4 aliphatic carbocycles. The zero-order valence-electron chi connectivity index (χ0n) is 33.7. The molecule has 0 aromatic carbocycles. The molecule has 54 heavy (non-hydrogen) atoms. The molecule has 0 amide bonds. The minimum absolute atomic E-state index is 0. The van der Waals surface area contributed by atoms with Crippen LogP contribution < -0.4 is 0 Å². The lowest BCUT2D eigenvalue weighted by atomic mass is 9.62. The van der Waals surface area contributed by atoms with Crippen molar-refractivity contribution in [2.24, 2.45) is 34.5 Å². The van der Waals surface area contributed by atoms with E-state index in [0.717, 1.165) is 64.2 Å². The van der Waals surface area contributed by atoms with E-state index in [-0.39, 0.29) is 42.4 Å². The predicted molar refractivity (Wildman–Crippen MR) is 231 cm³/mol. The first-order valence-electron chi connectivity index (χ1n) is 21.8. The third-order valence-corrected chi connectivity index (χ3v) is 16.8. The molecule has 3 nitrogen and oxygen atoms in total. The number of aliphatic hydroxyl groups is 2. The normalized spacial score (nSPS) is 28.0. The van der Waals surface area contributed by atoms with E-state index in [1.165, 1.54) is 96.6 Å². The third kappa shape index (κ3) is 11.8. The van der Waals surface area contributed by atoms with Crippen LogP contribution in [0.5, 0.6) is 0 Å². The highest BCUT2D eigenvalue weighted by molar-refractivity contribution is 7.12. The monoisotopic (exact) mass is 782 g/mol. The number of halogens is 1. The molecule has 2 heterocycles. The smallest absolute Gasteiger partial charge is 0.230 e. The molecule has 8 atom stereocenters. The summed E-state index contributed by atoms with van der Waals surface area (Å²) in [5.74, 6) is 1.83.